The number of aromatic nitrogens is 2. The Kier molecular flexibility index (Phi) is 2.83. The van der Waals surface area contributed by atoms with Crippen molar-refractivity contribution in [3.63, 3.8) is 0 Å². The van der Waals surface area contributed by atoms with Crippen LogP contribution in [0.5, 0.6) is 5.88 Å². The standard InChI is InChI=1S/C8H11F2N3O/c1-8(9,10)3-5-4-12-7(11)13-6(5)14-2/h4H,3H2,1-2H3,(H2,11,12,13). The van der Waals surface area contributed by atoms with E-state index >= 15 is 0 Å². The van der Waals surface area contributed by atoms with Crippen molar-refractivity contribution in [3.8, 4) is 5.88 Å². The molecule has 0 aliphatic carbocycles. The molecule has 0 saturated carbocycles. The Morgan fingerprint density at radius 2 is 2.21 bits per heavy atom. The van der Waals surface area contributed by atoms with Crippen LogP contribution in [0, 0.1) is 0 Å². The number of nitrogens with two attached hydrogens (primary N) is 1. The van der Waals surface area contributed by atoms with E-state index in [2.05, 4.69) is 9.97 Å². The van der Waals surface area contributed by atoms with E-state index < -0.39 is 12.3 Å². The fourth-order valence-electron chi connectivity index (χ4n) is 1.04. The third-order valence-corrected chi connectivity index (χ3v) is 1.54. The van der Waals surface area contributed by atoms with Gasteiger partial charge in [0, 0.05) is 18.2 Å². The first kappa shape index (κ1) is 10.6. The molecule has 6 heteroatoms. The van der Waals surface area contributed by atoms with Crippen molar-refractivity contribution in [1.29, 1.82) is 0 Å². The molecular weight excluding hydrogens is 192 g/mol. The summed E-state index contributed by atoms with van der Waals surface area (Å²) in [6, 6.07) is 0. The molecule has 0 bridgehead atoms. The maximum absolute atomic E-state index is 12.7. The number of anilines is 1. The lowest BCUT2D eigenvalue weighted by atomic mass is 10.1. The van der Waals surface area contributed by atoms with Crippen LogP contribution in [0.25, 0.3) is 0 Å². The highest BCUT2D eigenvalue weighted by atomic mass is 19.3. The second-order valence-corrected chi connectivity index (χ2v) is 3.01. The Morgan fingerprint density at radius 1 is 1.57 bits per heavy atom. The van der Waals surface area contributed by atoms with Crippen molar-refractivity contribution in [2.24, 2.45) is 0 Å². The molecular formula is C8H11F2N3O. The molecule has 0 saturated heterocycles. The minimum Gasteiger partial charge on any atom is -0.481 e. The van der Waals surface area contributed by atoms with Gasteiger partial charge in [-0.1, -0.05) is 0 Å². The number of rotatable bonds is 3. The maximum atomic E-state index is 12.7. The van der Waals surface area contributed by atoms with Crippen molar-refractivity contribution >= 4 is 5.95 Å². The van der Waals surface area contributed by atoms with E-state index in [0.717, 1.165) is 6.92 Å². The summed E-state index contributed by atoms with van der Waals surface area (Å²) in [5.41, 5.74) is 5.52. The normalized spacial score (nSPS) is 11.4. The Bertz CT molecular complexity index is 325. The number of halogens is 2. The molecule has 0 spiro atoms. The lowest BCUT2D eigenvalue weighted by Gasteiger charge is -2.12. The van der Waals surface area contributed by atoms with E-state index in [4.69, 9.17) is 10.5 Å². The molecule has 0 aliphatic heterocycles. The van der Waals surface area contributed by atoms with Gasteiger partial charge in [0.1, 0.15) is 0 Å². The quantitative estimate of drug-likeness (QED) is 0.803. The fourth-order valence-corrected chi connectivity index (χ4v) is 1.04. The van der Waals surface area contributed by atoms with E-state index in [1.807, 2.05) is 0 Å². The van der Waals surface area contributed by atoms with Crippen LogP contribution in [-0.4, -0.2) is 23.0 Å². The highest BCUT2D eigenvalue weighted by Crippen LogP contribution is 2.24. The number of hydrogen-bond acceptors (Lipinski definition) is 4. The molecule has 0 aromatic carbocycles. The minimum absolute atomic E-state index is 0.00465. The monoisotopic (exact) mass is 203 g/mol. The number of hydrogen-bond donors (Lipinski definition) is 1. The Hall–Kier alpha value is -1.46. The van der Waals surface area contributed by atoms with Gasteiger partial charge in [0.05, 0.1) is 7.11 Å². The van der Waals surface area contributed by atoms with E-state index in [1.165, 1.54) is 13.3 Å². The third-order valence-electron chi connectivity index (χ3n) is 1.54. The predicted octanol–water partition coefficient (Wildman–Crippen LogP) is 1.27. The lowest BCUT2D eigenvalue weighted by Crippen LogP contribution is -2.15. The summed E-state index contributed by atoms with van der Waals surface area (Å²) in [5.74, 6) is -2.71. The van der Waals surface area contributed by atoms with Crippen LogP contribution >= 0.6 is 0 Å². The van der Waals surface area contributed by atoms with Gasteiger partial charge in [0.15, 0.2) is 0 Å². The van der Waals surface area contributed by atoms with Crippen LogP contribution < -0.4 is 10.5 Å². The highest BCUT2D eigenvalue weighted by Gasteiger charge is 2.24. The van der Waals surface area contributed by atoms with Crippen molar-refractivity contribution in [3.05, 3.63) is 11.8 Å². The van der Waals surface area contributed by atoms with Crippen LogP contribution in [0.4, 0.5) is 14.7 Å². The van der Waals surface area contributed by atoms with Crippen molar-refractivity contribution in [1.82, 2.24) is 9.97 Å². The molecule has 14 heavy (non-hydrogen) atoms. The zero-order valence-corrected chi connectivity index (χ0v) is 7.92. The molecule has 2 N–H and O–H groups in total. The zero-order valence-electron chi connectivity index (χ0n) is 7.92. The third kappa shape index (κ3) is 2.79. The van der Waals surface area contributed by atoms with Gasteiger partial charge >= 0.3 is 0 Å². The summed E-state index contributed by atoms with van der Waals surface area (Å²) in [6.07, 6.45) is 0.787. The van der Waals surface area contributed by atoms with Crippen LogP contribution in [-0.2, 0) is 6.42 Å². The summed E-state index contributed by atoms with van der Waals surface area (Å²) in [7, 11) is 1.35. The molecule has 0 aliphatic rings. The number of ether oxygens (including phenoxy) is 1. The van der Waals surface area contributed by atoms with Gasteiger partial charge in [-0.2, -0.15) is 4.98 Å². The topological polar surface area (TPSA) is 61.0 Å². The zero-order chi connectivity index (χ0) is 10.8. The first-order valence-electron chi connectivity index (χ1n) is 3.95. The predicted molar refractivity (Wildman–Crippen MR) is 47.3 cm³/mol. The Labute approximate surface area is 80.1 Å². The second kappa shape index (κ2) is 3.73. The van der Waals surface area contributed by atoms with Crippen LogP contribution in [0.3, 0.4) is 0 Å². The molecule has 4 nitrogen and oxygen atoms in total. The summed E-state index contributed by atoms with van der Waals surface area (Å²) in [6.45, 7) is 0.822. The van der Waals surface area contributed by atoms with Gasteiger partial charge in [-0.25, -0.2) is 13.8 Å². The fraction of sp³-hybridized carbons (Fsp3) is 0.500. The van der Waals surface area contributed by atoms with Crippen molar-refractivity contribution < 1.29 is 13.5 Å². The summed E-state index contributed by atoms with van der Waals surface area (Å²) in [5, 5.41) is 0. The number of methoxy groups -OCH3 is 1. The molecule has 1 rings (SSSR count). The van der Waals surface area contributed by atoms with Gasteiger partial charge in [-0.05, 0) is 6.92 Å². The molecule has 1 heterocycles. The molecule has 78 valence electrons. The summed E-state index contributed by atoms with van der Waals surface area (Å²) in [4.78, 5) is 7.31. The highest BCUT2D eigenvalue weighted by molar-refractivity contribution is 5.30. The van der Waals surface area contributed by atoms with Crippen LogP contribution in [0.1, 0.15) is 12.5 Å². The second-order valence-electron chi connectivity index (χ2n) is 3.01. The first-order valence-corrected chi connectivity index (χ1v) is 3.95. The SMILES string of the molecule is COc1nc(N)ncc1CC(C)(F)F. The van der Waals surface area contributed by atoms with Crippen LogP contribution in [0.2, 0.25) is 0 Å². The first-order chi connectivity index (χ1) is 6.42. The average Bonchev–Trinajstić information content (AvgIpc) is 2.06. The van der Waals surface area contributed by atoms with Crippen LogP contribution in [0.15, 0.2) is 6.20 Å². The average molecular weight is 203 g/mol. The summed E-state index contributed by atoms with van der Waals surface area (Å²) >= 11 is 0. The number of nitrogen functional groups attached to an aromatic ring is 1. The molecule has 1 aromatic rings. The van der Waals surface area contributed by atoms with E-state index in [9.17, 15) is 8.78 Å². The van der Waals surface area contributed by atoms with Gasteiger partial charge in [0.2, 0.25) is 17.8 Å². The van der Waals surface area contributed by atoms with Gasteiger partial charge in [-0.15, -0.1) is 0 Å². The molecule has 0 unspecified atom stereocenters. The smallest absolute Gasteiger partial charge is 0.249 e. The van der Waals surface area contributed by atoms with Gasteiger partial charge in [-0.3, -0.25) is 0 Å². The van der Waals surface area contributed by atoms with E-state index in [0.29, 0.717) is 0 Å². The van der Waals surface area contributed by atoms with E-state index in [-0.39, 0.29) is 17.4 Å². The van der Waals surface area contributed by atoms with E-state index in [1.54, 1.807) is 0 Å². The Balaban J connectivity index is 2.97. The van der Waals surface area contributed by atoms with Gasteiger partial charge in [0.25, 0.3) is 0 Å². The molecule has 0 amide bonds. The van der Waals surface area contributed by atoms with Gasteiger partial charge < -0.3 is 10.5 Å². The molecule has 0 atom stereocenters. The maximum Gasteiger partial charge on any atom is 0.249 e. The largest absolute Gasteiger partial charge is 0.481 e. The Morgan fingerprint density at radius 3 is 2.71 bits per heavy atom. The number of alkyl halides is 2. The lowest BCUT2D eigenvalue weighted by molar-refractivity contribution is 0.0218. The minimum atomic E-state index is -2.81. The number of nitrogens with zero attached hydrogens (tertiary/aromatic N) is 2. The van der Waals surface area contributed by atoms with Crippen molar-refractivity contribution in [2.75, 3.05) is 12.8 Å². The molecule has 0 fully saturated rings. The van der Waals surface area contributed by atoms with Crippen molar-refractivity contribution in [2.45, 2.75) is 19.3 Å². The summed E-state index contributed by atoms with van der Waals surface area (Å²) < 4.78 is 30.2. The molecule has 1 aromatic heterocycles. The molecule has 0 radical (unpaired) electrons.